The highest BCUT2D eigenvalue weighted by Gasteiger charge is 2.39. The highest BCUT2D eigenvalue weighted by molar-refractivity contribution is 5.69. The van der Waals surface area contributed by atoms with E-state index in [4.69, 9.17) is 4.74 Å². The van der Waals surface area contributed by atoms with E-state index >= 15 is 0 Å². The smallest absolute Gasteiger partial charge is 0.416 e. The van der Waals surface area contributed by atoms with Gasteiger partial charge in [-0.3, -0.25) is 0 Å². The molecule has 1 aliphatic rings. The molecule has 0 bridgehead atoms. The lowest BCUT2D eigenvalue weighted by atomic mass is 9.88. The second kappa shape index (κ2) is 10.1. The Morgan fingerprint density at radius 2 is 1.39 bits per heavy atom. The lowest BCUT2D eigenvalue weighted by Crippen LogP contribution is -2.56. The molecule has 1 saturated heterocycles. The number of likely N-dealkylation sites (tertiary alicyclic amines) is 1. The van der Waals surface area contributed by atoms with Crippen LogP contribution in [0, 0.1) is 0 Å². The summed E-state index contributed by atoms with van der Waals surface area (Å²) in [6, 6.07) is 1.15. The molecule has 1 aromatic carbocycles. The fraction of sp³-hybridized carbons (Fsp3) is 0.696. The Hall–Kier alpha value is -1.97. The van der Waals surface area contributed by atoms with Gasteiger partial charge in [-0.1, -0.05) is 13.8 Å². The molecule has 4 nitrogen and oxygen atoms in total. The Labute approximate surface area is 190 Å². The van der Waals surface area contributed by atoms with Crippen molar-refractivity contribution in [2.45, 2.75) is 103 Å². The van der Waals surface area contributed by atoms with E-state index in [1.165, 1.54) is 0 Å². The van der Waals surface area contributed by atoms with Gasteiger partial charge in [0.2, 0.25) is 0 Å². The molecule has 0 spiro atoms. The zero-order chi connectivity index (χ0) is 25.2. The first-order valence-corrected chi connectivity index (χ1v) is 11.1. The SMILES string of the molecule is CC[C@H]1CC(NCc2cc(C(F)(F)F)cc(C(F)(F)F)c2)C[C@H](CC)N1C(=O)OC(C)(C)C. The van der Waals surface area contributed by atoms with E-state index in [0.29, 0.717) is 25.7 Å². The molecule has 2 rings (SSSR count). The fourth-order valence-corrected chi connectivity index (χ4v) is 4.17. The van der Waals surface area contributed by atoms with Crippen LogP contribution < -0.4 is 5.32 Å². The standard InChI is InChI=1S/C23H32F6N2O2/c1-6-18-11-17(12-19(7-2)31(18)20(32)33-21(3,4)5)30-13-14-8-15(22(24,25)26)10-16(9-14)23(27,28)29/h8-10,17-19,30H,6-7,11-13H2,1-5H3/t18-,19-/m0/s1. The maximum atomic E-state index is 13.1. The molecule has 0 aromatic heterocycles. The molecular formula is C23H32F6N2O2. The van der Waals surface area contributed by atoms with Crippen LogP contribution in [0.15, 0.2) is 18.2 Å². The molecule has 1 aromatic rings. The van der Waals surface area contributed by atoms with Crippen molar-refractivity contribution in [3.05, 3.63) is 34.9 Å². The summed E-state index contributed by atoms with van der Waals surface area (Å²) >= 11 is 0. The molecule has 1 amide bonds. The molecule has 33 heavy (non-hydrogen) atoms. The number of hydrogen-bond donors (Lipinski definition) is 1. The third-order valence-corrected chi connectivity index (χ3v) is 5.69. The highest BCUT2D eigenvalue weighted by Crippen LogP contribution is 2.36. The molecule has 1 heterocycles. The second-order valence-electron chi connectivity index (χ2n) is 9.48. The molecule has 188 valence electrons. The molecule has 0 saturated carbocycles. The van der Waals surface area contributed by atoms with Crippen LogP contribution in [0.25, 0.3) is 0 Å². The van der Waals surface area contributed by atoms with Crippen molar-refractivity contribution in [1.29, 1.82) is 0 Å². The number of hydrogen-bond acceptors (Lipinski definition) is 3. The monoisotopic (exact) mass is 482 g/mol. The first kappa shape index (κ1) is 27.3. The van der Waals surface area contributed by atoms with Gasteiger partial charge in [-0.25, -0.2) is 4.79 Å². The number of rotatable bonds is 5. The van der Waals surface area contributed by atoms with Crippen molar-refractivity contribution >= 4 is 6.09 Å². The number of alkyl halides is 6. The van der Waals surface area contributed by atoms with Crippen LogP contribution in [0.3, 0.4) is 0 Å². The minimum Gasteiger partial charge on any atom is -0.444 e. The van der Waals surface area contributed by atoms with Gasteiger partial charge in [0, 0.05) is 24.7 Å². The predicted molar refractivity (Wildman–Crippen MR) is 113 cm³/mol. The second-order valence-corrected chi connectivity index (χ2v) is 9.48. The van der Waals surface area contributed by atoms with Crippen LogP contribution in [0.4, 0.5) is 31.1 Å². The van der Waals surface area contributed by atoms with Crippen molar-refractivity contribution in [2.75, 3.05) is 0 Å². The molecule has 0 radical (unpaired) electrons. The molecule has 0 unspecified atom stereocenters. The van der Waals surface area contributed by atoms with E-state index in [0.717, 1.165) is 12.1 Å². The summed E-state index contributed by atoms with van der Waals surface area (Å²) in [5, 5.41) is 3.12. The van der Waals surface area contributed by atoms with Crippen LogP contribution in [0.5, 0.6) is 0 Å². The summed E-state index contributed by atoms with van der Waals surface area (Å²) < 4.78 is 84.3. The lowest BCUT2D eigenvalue weighted by molar-refractivity contribution is -0.143. The average molecular weight is 483 g/mol. The lowest BCUT2D eigenvalue weighted by Gasteiger charge is -2.45. The van der Waals surface area contributed by atoms with Gasteiger partial charge in [0.05, 0.1) is 11.1 Å². The van der Waals surface area contributed by atoms with Crippen molar-refractivity contribution in [1.82, 2.24) is 10.2 Å². The van der Waals surface area contributed by atoms with Gasteiger partial charge in [-0.2, -0.15) is 26.3 Å². The molecule has 2 atom stereocenters. The van der Waals surface area contributed by atoms with Crippen LogP contribution in [0.2, 0.25) is 0 Å². The summed E-state index contributed by atoms with van der Waals surface area (Å²) in [6.07, 6.45) is -7.82. The number of ether oxygens (including phenoxy) is 1. The summed E-state index contributed by atoms with van der Waals surface area (Å²) in [4.78, 5) is 14.5. The van der Waals surface area contributed by atoms with Crippen molar-refractivity contribution in [3.63, 3.8) is 0 Å². The number of halogens is 6. The number of carbonyl (C=O) groups is 1. The normalized spacial score (nSPS) is 22.4. The Bertz CT molecular complexity index is 770. The maximum absolute atomic E-state index is 13.1. The average Bonchev–Trinajstić information content (AvgIpc) is 2.68. The van der Waals surface area contributed by atoms with Gasteiger partial charge < -0.3 is 15.0 Å². The zero-order valence-corrected chi connectivity index (χ0v) is 19.5. The maximum Gasteiger partial charge on any atom is 0.416 e. The van der Waals surface area contributed by atoms with Gasteiger partial charge >= 0.3 is 18.4 Å². The van der Waals surface area contributed by atoms with Gasteiger partial charge in [-0.05, 0) is 70.2 Å². The minimum absolute atomic E-state index is 0.0900. The first-order valence-electron chi connectivity index (χ1n) is 11.1. The van der Waals surface area contributed by atoms with Crippen molar-refractivity contribution in [2.24, 2.45) is 0 Å². The van der Waals surface area contributed by atoms with Crippen molar-refractivity contribution in [3.8, 4) is 0 Å². The molecule has 0 aliphatic carbocycles. The molecular weight excluding hydrogens is 450 g/mol. The molecule has 10 heteroatoms. The van der Waals surface area contributed by atoms with Crippen LogP contribution >= 0.6 is 0 Å². The molecule has 1 N–H and O–H groups in total. The predicted octanol–water partition coefficient (Wildman–Crippen LogP) is 6.77. The van der Waals surface area contributed by atoms with Gasteiger partial charge in [0.1, 0.15) is 5.60 Å². The number of piperidine rings is 1. The fourth-order valence-electron chi connectivity index (χ4n) is 4.17. The Balaban J connectivity index is 2.19. The summed E-state index contributed by atoms with van der Waals surface area (Å²) in [7, 11) is 0. The minimum atomic E-state index is -4.88. The first-order chi connectivity index (χ1) is 15.0. The van der Waals surface area contributed by atoms with Crippen LogP contribution in [0.1, 0.15) is 77.0 Å². The molecule has 1 fully saturated rings. The Morgan fingerprint density at radius 1 is 0.939 bits per heavy atom. The van der Waals surface area contributed by atoms with E-state index in [1.807, 2.05) is 13.8 Å². The number of amides is 1. The number of carbonyl (C=O) groups excluding carboxylic acids is 1. The number of benzene rings is 1. The van der Waals surface area contributed by atoms with E-state index < -0.39 is 35.2 Å². The summed E-state index contributed by atoms with van der Waals surface area (Å²) in [5.41, 5.74) is -3.39. The van der Waals surface area contributed by atoms with E-state index in [2.05, 4.69) is 5.32 Å². The van der Waals surface area contributed by atoms with E-state index in [9.17, 15) is 31.1 Å². The quantitative estimate of drug-likeness (QED) is 0.471. The summed E-state index contributed by atoms with van der Waals surface area (Å²) in [5.74, 6) is 0. The zero-order valence-electron chi connectivity index (χ0n) is 19.5. The third-order valence-electron chi connectivity index (χ3n) is 5.69. The highest BCUT2D eigenvalue weighted by atomic mass is 19.4. The van der Waals surface area contributed by atoms with Gasteiger partial charge in [0.25, 0.3) is 0 Å². The molecule has 1 aliphatic heterocycles. The van der Waals surface area contributed by atoms with E-state index in [1.54, 1.807) is 25.7 Å². The van der Waals surface area contributed by atoms with E-state index in [-0.39, 0.29) is 36.3 Å². The topological polar surface area (TPSA) is 41.6 Å². The third kappa shape index (κ3) is 7.52. The van der Waals surface area contributed by atoms with Crippen LogP contribution in [-0.4, -0.2) is 34.7 Å². The van der Waals surface area contributed by atoms with Crippen molar-refractivity contribution < 1.29 is 35.9 Å². The number of nitrogens with zero attached hydrogens (tertiary/aromatic N) is 1. The largest absolute Gasteiger partial charge is 0.444 e. The van der Waals surface area contributed by atoms with Gasteiger partial charge in [0.15, 0.2) is 0 Å². The van der Waals surface area contributed by atoms with Crippen LogP contribution in [-0.2, 0) is 23.6 Å². The number of nitrogens with one attached hydrogen (secondary N) is 1. The Morgan fingerprint density at radius 3 is 1.76 bits per heavy atom. The van der Waals surface area contributed by atoms with Gasteiger partial charge in [-0.15, -0.1) is 0 Å². The summed E-state index contributed by atoms with van der Waals surface area (Å²) in [6.45, 7) is 9.07. The Kier molecular flexibility index (Phi) is 8.36.